The van der Waals surface area contributed by atoms with E-state index < -0.39 is 29.7 Å². The van der Waals surface area contributed by atoms with Gasteiger partial charge in [0, 0.05) is 38.1 Å². The zero-order valence-electron chi connectivity index (χ0n) is 14.6. The summed E-state index contributed by atoms with van der Waals surface area (Å²) in [6.07, 6.45) is -0.672. The maximum absolute atomic E-state index is 12.4. The van der Waals surface area contributed by atoms with Crippen LogP contribution >= 0.6 is 0 Å². The molecule has 0 aromatic heterocycles. The lowest BCUT2D eigenvalue weighted by Crippen LogP contribution is -2.63. The molecule has 2 atom stereocenters. The van der Waals surface area contributed by atoms with E-state index in [0.717, 1.165) is 11.3 Å². The maximum Gasteiger partial charge on any atom is 0.408 e. The number of hydrogen-bond donors (Lipinski definition) is 2. The van der Waals surface area contributed by atoms with Gasteiger partial charge >= 0.3 is 6.09 Å². The number of aliphatic hydroxyl groups excluding tert-OH is 1. The van der Waals surface area contributed by atoms with E-state index in [0.29, 0.717) is 32.5 Å². The number of aliphatic hydroxyl groups is 1. The van der Waals surface area contributed by atoms with E-state index >= 15 is 0 Å². The molecule has 2 N–H and O–H groups in total. The van der Waals surface area contributed by atoms with Crippen molar-refractivity contribution in [1.29, 1.82) is 0 Å². The predicted molar refractivity (Wildman–Crippen MR) is 86.4 cm³/mol. The Morgan fingerprint density at radius 1 is 1.21 bits per heavy atom. The van der Waals surface area contributed by atoms with Gasteiger partial charge in [-0.05, 0) is 33.6 Å². The van der Waals surface area contributed by atoms with E-state index in [2.05, 4.69) is 0 Å². The highest BCUT2D eigenvalue weighted by Crippen LogP contribution is 2.24. The van der Waals surface area contributed by atoms with E-state index in [1.54, 1.807) is 25.7 Å². The summed E-state index contributed by atoms with van der Waals surface area (Å²) >= 11 is 0. The number of carbonyl (C=O) groups excluding carboxylic acids is 2. The van der Waals surface area contributed by atoms with Gasteiger partial charge in [-0.1, -0.05) is 0 Å². The molecule has 0 saturated carbocycles. The normalized spacial score (nSPS) is 20.6. The molecule has 2 rings (SSSR count). The van der Waals surface area contributed by atoms with Gasteiger partial charge < -0.3 is 20.0 Å². The van der Waals surface area contributed by atoms with Crippen LogP contribution in [0, 0.1) is 0 Å². The molecule has 8 heteroatoms. The van der Waals surface area contributed by atoms with Gasteiger partial charge in [0.2, 0.25) is 5.91 Å². The Bertz CT molecular complexity index is 512. The highest BCUT2D eigenvalue weighted by atomic mass is 16.4. The Balaban J connectivity index is 2.26. The first-order chi connectivity index (χ1) is 11.1. The third-order valence-corrected chi connectivity index (χ3v) is 4.62. The highest BCUT2D eigenvalue weighted by Gasteiger charge is 2.43. The largest absolute Gasteiger partial charge is 0.465 e. The Hall–Kier alpha value is -1.83. The van der Waals surface area contributed by atoms with Crippen molar-refractivity contribution in [2.24, 2.45) is 0 Å². The maximum atomic E-state index is 12.4. The van der Waals surface area contributed by atoms with Gasteiger partial charge in [-0.25, -0.2) is 4.79 Å². The van der Waals surface area contributed by atoms with Crippen molar-refractivity contribution in [2.45, 2.75) is 57.7 Å². The van der Waals surface area contributed by atoms with E-state index in [1.165, 1.54) is 4.90 Å². The Morgan fingerprint density at radius 3 is 2.21 bits per heavy atom. The summed E-state index contributed by atoms with van der Waals surface area (Å²) in [6, 6.07) is -0.988. The topological polar surface area (TPSA) is 101 Å². The molecule has 0 aliphatic carbocycles. The SMILES string of the molecule is CC(C)(C)N(C(=O)O)C(CN1CCCC1=O)C(O)C(=O)N1CCC1. The standard InChI is InChI=1S/C16H27N3O5/c1-16(2,3)19(15(23)24)11(10-18-7-4-6-12(18)20)13(21)14(22)17-8-5-9-17/h11,13,21H,4-10H2,1-3H3,(H,23,24). The van der Waals surface area contributed by atoms with Crippen LogP contribution < -0.4 is 0 Å². The summed E-state index contributed by atoms with van der Waals surface area (Å²) in [5.74, 6) is -0.531. The fraction of sp³-hybridized carbons (Fsp3) is 0.812. The molecule has 2 aliphatic heterocycles. The molecule has 0 bridgehead atoms. The molecule has 2 heterocycles. The van der Waals surface area contributed by atoms with E-state index in [1.807, 2.05) is 0 Å². The van der Waals surface area contributed by atoms with Crippen molar-refractivity contribution in [3.05, 3.63) is 0 Å². The Morgan fingerprint density at radius 2 is 1.83 bits per heavy atom. The second-order valence-electron chi connectivity index (χ2n) is 7.46. The lowest BCUT2D eigenvalue weighted by Gasteiger charge is -2.44. The van der Waals surface area contributed by atoms with E-state index in [4.69, 9.17) is 0 Å². The van der Waals surface area contributed by atoms with Gasteiger partial charge in [0.15, 0.2) is 6.10 Å². The van der Waals surface area contributed by atoms with Crippen LogP contribution in [0.25, 0.3) is 0 Å². The van der Waals surface area contributed by atoms with Crippen LogP contribution in [0.3, 0.4) is 0 Å². The van der Waals surface area contributed by atoms with Crippen molar-refractivity contribution < 1.29 is 24.6 Å². The molecule has 3 amide bonds. The molecule has 2 unspecified atom stereocenters. The Labute approximate surface area is 142 Å². The summed E-state index contributed by atoms with van der Waals surface area (Å²) in [6.45, 7) is 6.84. The lowest BCUT2D eigenvalue weighted by atomic mass is 9.98. The molecule has 2 saturated heterocycles. The third kappa shape index (κ3) is 3.80. The number of hydrogen-bond acceptors (Lipinski definition) is 4. The van der Waals surface area contributed by atoms with Crippen LogP contribution in [0.4, 0.5) is 4.79 Å². The quantitative estimate of drug-likeness (QED) is 0.751. The number of carbonyl (C=O) groups is 3. The van der Waals surface area contributed by atoms with Crippen LogP contribution in [-0.4, -0.2) is 86.7 Å². The van der Waals surface area contributed by atoms with Crippen molar-refractivity contribution in [2.75, 3.05) is 26.2 Å². The number of rotatable bonds is 5. The van der Waals surface area contributed by atoms with Crippen LogP contribution in [-0.2, 0) is 9.59 Å². The minimum absolute atomic E-state index is 0.0309. The smallest absolute Gasteiger partial charge is 0.408 e. The molecule has 136 valence electrons. The predicted octanol–water partition coefficient (Wildman–Crippen LogP) is 0.349. The van der Waals surface area contributed by atoms with Crippen LogP contribution in [0.15, 0.2) is 0 Å². The summed E-state index contributed by atoms with van der Waals surface area (Å²) in [7, 11) is 0. The molecule has 0 radical (unpaired) electrons. The fourth-order valence-electron chi connectivity index (χ4n) is 3.26. The summed E-state index contributed by atoms with van der Waals surface area (Å²) in [5, 5.41) is 20.3. The number of amides is 3. The molecule has 2 aliphatic rings. The molecular formula is C16H27N3O5. The first-order valence-corrected chi connectivity index (χ1v) is 8.40. The molecular weight excluding hydrogens is 314 g/mol. The highest BCUT2D eigenvalue weighted by molar-refractivity contribution is 5.83. The van der Waals surface area contributed by atoms with E-state index in [-0.39, 0.29) is 12.5 Å². The minimum atomic E-state index is -1.48. The average molecular weight is 341 g/mol. The zero-order valence-corrected chi connectivity index (χ0v) is 14.6. The first kappa shape index (κ1) is 18.5. The zero-order chi connectivity index (χ0) is 18.1. The van der Waals surface area contributed by atoms with Gasteiger partial charge in [-0.15, -0.1) is 0 Å². The molecule has 0 aromatic carbocycles. The van der Waals surface area contributed by atoms with Crippen LogP contribution in [0.2, 0.25) is 0 Å². The molecule has 8 nitrogen and oxygen atoms in total. The Kier molecular flexibility index (Phi) is 5.37. The molecule has 2 fully saturated rings. The van der Waals surface area contributed by atoms with Gasteiger partial charge in [0.05, 0.1) is 6.04 Å². The average Bonchev–Trinajstić information content (AvgIpc) is 2.78. The van der Waals surface area contributed by atoms with Gasteiger partial charge in [0.1, 0.15) is 0 Å². The van der Waals surface area contributed by atoms with Crippen molar-refractivity contribution in [3.8, 4) is 0 Å². The minimum Gasteiger partial charge on any atom is -0.465 e. The summed E-state index contributed by atoms with van der Waals surface area (Å²) in [5.41, 5.74) is -0.810. The molecule has 24 heavy (non-hydrogen) atoms. The second-order valence-corrected chi connectivity index (χ2v) is 7.46. The lowest BCUT2D eigenvalue weighted by molar-refractivity contribution is -0.149. The van der Waals surface area contributed by atoms with Crippen LogP contribution in [0.1, 0.15) is 40.0 Å². The monoisotopic (exact) mass is 341 g/mol. The van der Waals surface area contributed by atoms with Crippen molar-refractivity contribution in [1.82, 2.24) is 14.7 Å². The van der Waals surface area contributed by atoms with Crippen LogP contribution in [0.5, 0.6) is 0 Å². The van der Waals surface area contributed by atoms with Gasteiger partial charge in [-0.3, -0.25) is 14.5 Å². The van der Waals surface area contributed by atoms with Gasteiger partial charge in [0.25, 0.3) is 5.91 Å². The first-order valence-electron chi connectivity index (χ1n) is 8.40. The number of nitrogens with zero attached hydrogens (tertiary/aromatic N) is 3. The number of carboxylic acid groups (broad SMARTS) is 1. The molecule has 0 aromatic rings. The van der Waals surface area contributed by atoms with Crippen molar-refractivity contribution >= 4 is 17.9 Å². The molecule has 0 spiro atoms. The third-order valence-electron chi connectivity index (χ3n) is 4.62. The summed E-state index contributed by atoms with van der Waals surface area (Å²) in [4.78, 5) is 40.3. The fourth-order valence-corrected chi connectivity index (χ4v) is 3.26. The second kappa shape index (κ2) is 6.96. The van der Waals surface area contributed by atoms with Crippen molar-refractivity contribution in [3.63, 3.8) is 0 Å². The van der Waals surface area contributed by atoms with E-state index in [9.17, 15) is 24.6 Å². The number of likely N-dealkylation sites (tertiary alicyclic amines) is 2. The van der Waals surface area contributed by atoms with Gasteiger partial charge in [-0.2, -0.15) is 0 Å². The summed E-state index contributed by atoms with van der Waals surface area (Å²) < 4.78 is 0.